The van der Waals surface area contributed by atoms with Crippen molar-refractivity contribution in [2.24, 2.45) is 0 Å². The van der Waals surface area contributed by atoms with Gasteiger partial charge in [-0.1, -0.05) is 42.5 Å². The number of amides is 1. The van der Waals surface area contributed by atoms with Crippen LogP contribution in [0.2, 0.25) is 0 Å². The predicted molar refractivity (Wildman–Crippen MR) is 74.3 cm³/mol. The lowest BCUT2D eigenvalue weighted by Gasteiger charge is -2.06. The molecule has 2 aromatic carbocycles. The van der Waals surface area contributed by atoms with E-state index in [2.05, 4.69) is 12.2 Å². The van der Waals surface area contributed by atoms with Crippen molar-refractivity contribution >= 4 is 11.6 Å². The highest BCUT2D eigenvalue weighted by atomic mass is 16.1. The molecule has 0 fully saturated rings. The summed E-state index contributed by atoms with van der Waals surface area (Å²) in [5.74, 6) is 0.0319. The van der Waals surface area contributed by atoms with Gasteiger partial charge in [-0.05, 0) is 36.6 Å². The quantitative estimate of drug-likeness (QED) is 0.868. The third kappa shape index (κ3) is 3.74. The van der Waals surface area contributed by atoms with Gasteiger partial charge in [-0.3, -0.25) is 4.79 Å². The molecule has 0 heterocycles. The summed E-state index contributed by atoms with van der Waals surface area (Å²) < 4.78 is 0. The van der Waals surface area contributed by atoms with Crippen molar-refractivity contribution in [3.63, 3.8) is 0 Å². The summed E-state index contributed by atoms with van der Waals surface area (Å²) in [6.07, 6.45) is 1.25. The summed E-state index contributed by atoms with van der Waals surface area (Å²) in [5.41, 5.74) is 2.88. The fraction of sp³-hybridized carbons (Fsp3) is 0.125. The Morgan fingerprint density at radius 3 is 2.56 bits per heavy atom. The SMILES string of the molecule is [CH2]c1cccc(NC(=O)CCc2ccccc2)c1. The second-order valence-electron chi connectivity index (χ2n) is 4.23. The minimum absolute atomic E-state index is 0.0319. The number of carbonyl (C=O) groups is 1. The van der Waals surface area contributed by atoms with E-state index in [4.69, 9.17) is 0 Å². The average Bonchev–Trinajstić information content (AvgIpc) is 2.38. The highest BCUT2D eigenvalue weighted by Crippen LogP contribution is 2.10. The van der Waals surface area contributed by atoms with Gasteiger partial charge in [0.2, 0.25) is 5.91 Å². The topological polar surface area (TPSA) is 29.1 Å². The Labute approximate surface area is 108 Å². The van der Waals surface area contributed by atoms with E-state index in [1.54, 1.807) is 0 Å². The molecule has 0 aliphatic carbocycles. The normalized spacial score (nSPS) is 10.1. The van der Waals surface area contributed by atoms with E-state index in [1.165, 1.54) is 5.56 Å². The minimum Gasteiger partial charge on any atom is -0.326 e. The number of rotatable bonds is 4. The molecule has 1 radical (unpaired) electrons. The molecule has 0 spiro atoms. The first-order chi connectivity index (χ1) is 8.74. The zero-order chi connectivity index (χ0) is 12.8. The molecule has 0 bridgehead atoms. The third-order valence-corrected chi connectivity index (χ3v) is 2.69. The van der Waals surface area contributed by atoms with Gasteiger partial charge in [-0.25, -0.2) is 0 Å². The number of benzene rings is 2. The molecule has 0 aliphatic heterocycles. The maximum Gasteiger partial charge on any atom is 0.224 e. The summed E-state index contributed by atoms with van der Waals surface area (Å²) in [6, 6.07) is 17.5. The van der Waals surface area contributed by atoms with E-state index in [9.17, 15) is 4.79 Å². The molecule has 0 aromatic heterocycles. The Kier molecular flexibility index (Phi) is 4.13. The molecular formula is C16H16NO. The maximum absolute atomic E-state index is 11.8. The second kappa shape index (κ2) is 6.01. The van der Waals surface area contributed by atoms with Crippen molar-refractivity contribution in [3.05, 3.63) is 72.6 Å². The third-order valence-electron chi connectivity index (χ3n) is 2.69. The van der Waals surface area contributed by atoms with Crippen LogP contribution in [0.4, 0.5) is 5.69 Å². The van der Waals surface area contributed by atoms with Gasteiger partial charge in [0, 0.05) is 12.1 Å². The van der Waals surface area contributed by atoms with Gasteiger partial charge < -0.3 is 5.32 Å². The van der Waals surface area contributed by atoms with Crippen LogP contribution < -0.4 is 5.32 Å². The molecule has 0 atom stereocenters. The Hall–Kier alpha value is -2.09. The maximum atomic E-state index is 11.8. The lowest BCUT2D eigenvalue weighted by Crippen LogP contribution is -2.12. The van der Waals surface area contributed by atoms with Crippen molar-refractivity contribution in [3.8, 4) is 0 Å². The number of anilines is 1. The van der Waals surface area contributed by atoms with Gasteiger partial charge in [-0.15, -0.1) is 0 Å². The van der Waals surface area contributed by atoms with Crippen LogP contribution in [0.1, 0.15) is 17.5 Å². The molecule has 0 saturated heterocycles. The summed E-state index contributed by atoms with van der Waals surface area (Å²) >= 11 is 0. The van der Waals surface area contributed by atoms with Gasteiger partial charge in [-0.2, -0.15) is 0 Å². The summed E-state index contributed by atoms with van der Waals surface area (Å²) in [4.78, 5) is 11.8. The smallest absolute Gasteiger partial charge is 0.224 e. The molecule has 0 unspecified atom stereocenters. The second-order valence-corrected chi connectivity index (χ2v) is 4.23. The standard InChI is InChI=1S/C16H16NO/c1-13-6-5-9-15(12-13)17-16(18)11-10-14-7-3-2-4-8-14/h2-9,12H,1,10-11H2,(H,17,18). The number of hydrogen-bond donors (Lipinski definition) is 1. The largest absolute Gasteiger partial charge is 0.326 e. The van der Waals surface area contributed by atoms with Gasteiger partial charge >= 0.3 is 0 Å². The van der Waals surface area contributed by atoms with E-state index in [1.807, 2.05) is 54.6 Å². The molecule has 0 saturated carbocycles. The number of hydrogen-bond acceptors (Lipinski definition) is 1. The first-order valence-corrected chi connectivity index (χ1v) is 6.00. The van der Waals surface area contributed by atoms with Crippen LogP contribution in [0.25, 0.3) is 0 Å². The molecule has 2 aromatic rings. The monoisotopic (exact) mass is 238 g/mol. The van der Waals surface area contributed by atoms with Crippen LogP contribution in [0.5, 0.6) is 0 Å². The van der Waals surface area contributed by atoms with E-state index in [0.717, 1.165) is 17.7 Å². The van der Waals surface area contributed by atoms with Crippen molar-refractivity contribution in [2.75, 3.05) is 5.32 Å². The lowest BCUT2D eigenvalue weighted by molar-refractivity contribution is -0.116. The summed E-state index contributed by atoms with van der Waals surface area (Å²) in [6.45, 7) is 3.83. The highest BCUT2D eigenvalue weighted by molar-refractivity contribution is 5.90. The molecule has 1 amide bonds. The minimum atomic E-state index is 0.0319. The fourth-order valence-electron chi connectivity index (χ4n) is 1.78. The van der Waals surface area contributed by atoms with Crippen LogP contribution >= 0.6 is 0 Å². The molecule has 2 heteroatoms. The first kappa shape index (κ1) is 12.4. The van der Waals surface area contributed by atoms with Crippen molar-refractivity contribution in [1.29, 1.82) is 0 Å². The highest BCUT2D eigenvalue weighted by Gasteiger charge is 2.02. The van der Waals surface area contributed by atoms with Gasteiger partial charge in [0.15, 0.2) is 0 Å². The number of carbonyl (C=O) groups excluding carboxylic acids is 1. The fourth-order valence-corrected chi connectivity index (χ4v) is 1.78. The van der Waals surface area contributed by atoms with Crippen LogP contribution in [0.15, 0.2) is 54.6 Å². The van der Waals surface area contributed by atoms with E-state index < -0.39 is 0 Å². The Morgan fingerprint density at radius 2 is 1.83 bits per heavy atom. The van der Waals surface area contributed by atoms with Gasteiger partial charge in [0.1, 0.15) is 0 Å². The molecular weight excluding hydrogens is 222 g/mol. The zero-order valence-corrected chi connectivity index (χ0v) is 10.2. The molecule has 2 rings (SSSR count). The predicted octanol–water partition coefficient (Wildman–Crippen LogP) is 3.44. The van der Waals surface area contributed by atoms with E-state index in [-0.39, 0.29) is 5.91 Å². The summed E-state index contributed by atoms with van der Waals surface area (Å²) in [5, 5.41) is 2.87. The molecule has 18 heavy (non-hydrogen) atoms. The molecule has 1 N–H and O–H groups in total. The van der Waals surface area contributed by atoms with Crippen molar-refractivity contribution < 1.29 is 4.79 Å². The van der Waals surface area contributed by atoms with Crippen molar-refractivity contribution in [2.45, 2.75) is 12.8 Å². The Morgan fingerprint density at radius 1 is 1.06 bits per heavy atom. The lowest BCUT2D eigenvalue weighted by atomic mass is 10.1. The van der Waals surface area contributed by atoms with E-state index >= 15 is 0 Å². The van der Waals surface area contributed by atoms with Crippen LogP contribution in [-0.2, 0) is 11.2 Å². The van der Waals surface area contributed by atoms with Crippen molar-refractivity contribution in [1.82, 2.24) is 0 Å². The molecule has 0 aliphatic rings. The summed E-state index contributed by atoms with van der Waals surface area (Å²) in [7, 11) is 0. The molecule has 91 valence electrons. The average molecular weight is 238 g/mol. The Bertz CT molecular complexity index is 520. The number of aryl methyl sites for hydroxylation is 1. The Balaban J connectivity index is 1.86. The van der Waals surface area contributed by atoms with E-state index in [0.29, 0.717) is 6.42 Å². The van der Waals surface area contributed by atoms with Gasteiger partial charge in [0.05, 0.1) is 0 Å². The zero-order valence-electron chi connectivity index (χ0n) is 10.2. The van der Waals surface area contributed by atoms with Gasteiger partial charge in [0.25, 0.3) is 0 Å². The molecule has 2 nitrogen and oxygen atoms in total. The van der Waals surface area contributed by atoms with Crippen LogP contribution in [-0.4, -0.2) is 5.91 Å². The van der Waals surface area contributed by atoms with Crippen LogP contribution in [0, 0.1) is 6.92 Å². The van der Waals surface area contributed by atoms with Crippen LogP contribution in [0.3, 0.4) is 0 Å². The first-order valence-electron chi connectivity index (χ1n) is 6.00. The number of nitrogens with one attached hydrogen (secondary N) is 1.